The fourth-order valence-corrected chi connectivity index (χ4v) is 3.21. The molecule has 1 amide bonds. The second-order valence-electron chi connectivity index (χ2n) is 6.89. The zero-order chi connectivity index (χ0) is 20.1. The van der Waals surface area contributed by atoms with Crippen LogP contribution in [0.2, 0.25) is 0 Å². The Bertz CT molecular complexity index is 907. The second-order valence-corrected chi connectivity index (χ2v) is 6.89. The first-order valence-electron chi connectivity index (χ1n) is 9.17. The standard InChI is InChI=1S/C22H23FN4O/c1-25(2)19-9-7-17(8-10-19)15-18(16-24)22(28)27-13-11-26(12-14-27)21-6-4-3-5-20(21)23/h3-10,15H,11-14H2,1-2H3/b18-15+. The Balaban J connectivity index is 1.67. The van der Waals surface area contributed by atoms with Crippen molar-refractivity contribution >= 4 is 23.4 Å². The highest BCUT2D eigenvalue weighted by atomic mass is 19.1. The summed E-state index contributed by atoms with van der Waals surface area (Å²) in [5.74, 6) is -0.548. The Labute approximate surface area is 164 Å². The normalized spacial score (nSPS) is 14.6. The van der Waals surface area contributed by atoms with Gasteiger partial charge in [-0.2, -0.15) is 5.26 Å². The molecule has 1 fully saturated rings. The molecule has 3 rings (SSSR count). The summed E-state index contributed by atoms with van der Waals surface area (Å²) >= 11 is 0. The van der Waals surface area contributed by atoms with Crippen molar-refractivity contribution in [1.29, 1.82) is 5.26 Å². The fraction of sp³-hybridized carbons (Fsp3) is 0.273. The van der Waals surface area contributed by atoms with Crippen molar-refractivity contribution in [2.45, 2.75) is 0 Å². The lowest BCUT2D eigenvalue weighted by Gasteiger charge is -2.36. The van der Waals surface area contributed by atoms with Crippen LogP contribution >= 0.6 is 0 Å². The smallest absolute Gasteiger partial charge is 0.264 e. The topological polar surface area (TPSA) is 50.6 Å². The highest BCUT2D eigenvalue weighted by Gasteiger charge is 2.24. The molecule has 0 saturated carbocycles. The molecule has 1 heterocycles. The van der Waals surface area contributed by atoms with Crippen LogP contribution in [0.25, 0.3) is 6.08 Å². The molecule has 5 nitrogen and oxygen atoms in total. The Hall–Kier alpha value is -3.33. The van der Waals surface area contributed by atoms with Crippen LogP contribution in [-0.2, 0) is 4.79 Å². The molecule has 0 spiro atoms. The van der Waals surface area contributed by atoms with Gasteiger partial charge in [-0.15, -0.1) is 0 Å². The molecule has 1 aliphatic heterocycles. The SMILES string of the molecule is CN(C)c1ccc(/C=C(\C#N)C(=O)N2CCN(c3ccccc3F)CC2)cc1. The number of carbonyl (C=O) groups excluding carboxylic acids is 1. The summed E-state index contributed by atoms with van der Waals surface area (Å²) in [6.45, 7) is 1.96. The molecule has 0 unspecified atom stereocenters. The summed E-state index contributed by atoms with van der Waals surface area (Å²) in [4.78, 5) is 18.3. The van der Waals surface area contributed by atoms with Crippen molar-refractivity contribution in [2.75, 3.05) is 50.1 Å². The van der Waals surface area contributed by atoms with Gasteiger partial charge in [0.05, 0.1) is 5.69 Å². The summed E-state index contributed by atoms with van der Waals surface area (Å²) in [6, 6.07) is 16.3. The van der Waals surface area contributed by atoms with Crippen LogP contribution < -0.4 is 9.80 Å². The van der Waals surface area contributed by atoms with Gasteiger partial charge in [-0.25, -0.2) is 4.39 Å². The monoisotopic (exact) mass is 378 g/mol. The van der Waals surface area contributed by atoms with Gasteiger partial charge >= 0.3 is 0 Å². The number of nitriles is 1. The van der Waals surface area contributed by atoms with Gasteiger partial charge in [0.1, 0.15) is 17.5 Å². The molecule has 0 atom stereocenters. The minimum Gasteiger partial charge on any atom is -0.378 e. The number of halogens is 1. The van der Waals surface area contributed by atoms with Crippen molar-refractivity contribution in [2.24, 2.45) is 0 Å². The number of anilines is 2. The van der Waals surface area contributed by atoms with Crippen molar-refractivity contribution in [3.05, 3.63) is 65.5 Å². The second kappa shape index (κ2) is 8.57. The van der Waals surface area contributed by atoms with Gasteiger partial charge in [-0.3, -0.25) is 4.79 Å². The third kappa shape index (κ3) is 4.32. The first kappa shape index (κ1) is 19.4. The average molecular weight is 378 g/mol. The molecule has 144 valence electrons. The summed E-state index contributed by atoms with van der Waals surface area (Å²) in [6.07, 6.45) is 1.62. The molecule has 1 saturated heterocycles. The molecule has 0 bridgehead atoms. The number of hydrogen-bond acceptors (Lipinski definition) is 4. The van der Waals surface area contributed by atoms with Crippen LogP contribution in [0.4, 0.5) is 15.8 Å². The van der Waals surface area contributed by atoms with E-state index in [1.165, 1.54) is 6.07 Å². The molecule has 1 aliphatic rings. The van der Waals surface area contributed by atoms with Gasteiger partial charge < -0.3 is 14.7 Å². The van der Waals surface area contributed by atoms with E-state index in [2.05, 4.69) is 0 Å². The summed E-state index contributed by atoms with van der Waals surface area (Å²) in [7, 11) is 3.91. The Morgan fingerprint density at radius 3 is 2.29 bits per heavy atom. The third-order valence-corrected chi connectivity index (χ3v) is 4.83. The molecule has 0 aliphatic carbocycles. The predicted octanol–water partition coefficient (Wildman–Crippen LogP) is 3.15. The van der Waals surface area contributed by atoms with Crippen molar-refractivity contribution < 1.29 is 9.18 Å². The summed E-state index contributed by atoms with van der Waals surface area (Å²) < 4.78 is 14.0. The Morgan fingerprint density at radius 2 is 1.71 bits per heavy atom. The first-order chi connectivity index (χ1) is 13.5. The lowest BCUT2D eigenvalue weighted by atomic mass is 10.1. The largest absolute Gasteiger partial charge is 0.378 e. The van der Waals surface area contributed by atoms with E-state index in [9.17, 15) is 14.4 Å². The molecule has 0 radical (unpaired) electrons. The van der Waals surface area contributed by atoms with Gasteiger partial charge in [0.25, 0.3) is 5.91 Å². The van der Waals surface area contributed by atoms with Gasteiger partial charge in [0, 0.05) is 46.0 Å². The molecule has 6 heteroatoms. The minimum absolute atomic E-state index is 0.108. The Kier molecular flexibility index (Phi) is 5.95. The van der Waals surface area contributed by atoms with E-state index in [0.717, 1.165) is 11.3 Å². The van der Waals surface area contributed by atoms with E-state index >= 15 is 0 Å². The van der Waals surface area contributed by atoms with Crippen LogP contribution in [0.1, 0.15) is 5.56 Å². The first-order valence-corrected chi connectivity index (χ1v) is 9.17. The van der Waals surface area contributed by atoms with Gasteiger partial charge in [0.2, 0.25) is 0 Å². The lowest BCUT2D eigenvalue weighted by Crippen LogP contribution is -2.49. The number of amides is 1. The number of rotatable bonds is 4. The van der Waals surface area contributed by atoms with Crippen LogP contribution in [0.3, 0.4) is 0 Å². The molecule has 2 aromatic carbocycles. The van der Waals surface area contributed by atoms with E-state index in [1.54, 1.807) is 29.2 Å². The molecule has 0 aromatic heterocycles. The summed E-state index contributed by atoms with van der Waals surface area (Å²) in [5, 5.41) is 9.46. The third-order valence-electron chi connectivity index (χ3n) is 4.83. The molecule has 0 N–H and O–H groups in total. The van der Waals surface area contributed by atoms with Gasteiger partial charge in [-0.1, -0.05) is 24.3 Å². The Morgan fingerprint density at radius 1 is 1.07 bits per heavy atom. The van der Waals surface area contributed by atoms with E-state index < -0.39 is 0 Å². The maximum Gasteiger partial charge on any atom is 0.264 e. The predicted molar refractivity (Wildman–Crippen MR) is 110 cm³/mol. The van der Waals surface area contributed by atoms with Gasteiger partial charge in [0.15, 0.2) is 0 Å². The lowest BCUT2D eigenvalue weighted by molar-refractivity contribution is -0.126. The van der Waals surface area contributed by atoms with Crippen LogP contribution in [0.5, 0.6) is 0 Å². The minimum atomic E-state index is -0.285. The van der Waals surface area contributed by atoms with Crippen LogP contribution in [-0.4, -0.2) is 51.1 Å². The van der Waals surface area contributed by atoms with E-state index in [0.29, 0.717) is 31.9 Å². The van der Waals surface area contributed by atoms with Crippen LogP contribution in [0.15, 0.2) is 54.1 Å². The molecular weight excluding hydrogens is 355 g/mol. The van der Waals surface area contributed by atoms with Crippen molar-refractivity contribution in [3.63, 3.8) is 0 Å². The number of carbonyl (C=O) groups is 1. The zero-order valence-corrected chi connectivity index (χ0v) is 16.1. The highest BCUT2D eigenvalue weighted by molar-refractivity contribution is 6.01. The maximum absolute atomic E-state index is 14.0. The molecule has 28 heavy (non-hydrogen) atoms. The molecular formula is C22H23FN4O. The van der Waals surface area contributed by atoms with Crippen molar-refractivity contribution in [1.82, 2.24) is 4.90 Å². The maximum atomic E-state index is 14.0. The van der Waals surface area contributed by atoms with E-state index in [-0.39, 0.29) is 17.3 Å². The number of benzene rings is 2. The van der Waals surface area contributed by atoms with Crippen molar-refractivity contribution in [3.8, 4) is 6.07 Å². The zero-order valence-electron chi connectivity index (χ0n) is 16.1. The number of nitrogens with zero attached hydrogens (tertiary/aromatic N) is 4. The van der Waals surface area contributed by atoms with Crippen LogP contribution in [0, 0.1) is 17.1 Å². The highest BCUT2D eigenvalue weighted by Crippen LogP contribution is 2.21. The van der Waals surface area contributed by atoms with E-state index in [1.807, 2.05) is 54.2 Å². The number of piperazine rings is 1. The molecule has 2 aromatic rings. The fourth-order valence-electron chi connectivity index (χ4n) is 3.21. The number of para-hydroxylation sites is 1. The average Bonchev–Trinajstić information content (AvgIpc) is 2.72. The number of hydrogen-bond donors (Lipinski definition) is 0. The summed E-state index contributed by atoms with van der Waals surface area (Å²) in [5.41, 5.74) is 2.51. The van der Waals surface area contributed by atoms with Gasteiger partial charge in [-0.05, 0) is 35.9 Å². The quantitative estimate of drug-likeness (QED) is 0.606. The van der Waals surface area contributed by atoms with E-state index in [4.69, 9.17) is 0 Å².